The lowest BCUT2D eigenvalue weighted by molar-refractivity contribution is -0.145. The van der Waals surface area contributed by atoms with Crippen LogP contribution in [0, 0.1) is 0 Å². The topological polar surface area (TPSA) is 14.2 Å². The van der Waals surface area contributed by atoms with Crippen molar-refractivity contribution in [3.8, 4) is 0 Å². The Morgan fingerprint density at radius 2 is 1.94 bits per heavy atom. The van der Waals surface area contributed by atoms with E-state index >= 15 is 0 Å². The normalized spacial score (nSPS) is 13.1. The number of halogens is 3. The zero-order chi connectivity index (χ0) is 13.1. The second kappa shape index (κ2) is 5.26. The van der Waals surface area contributed by atoms with Gasteiger partial charge in [0, 0.05) is 20.9 Å². The highest BCUT2D eigenvalue weighted by Crippen LogP contribution is 2.29. The van der Waals surface area contributed by atoms with Crippen LogP contribution in [-0.2, 0) is 17.6 Å². The largest absolute Gasteiger partial charge is 0.431 e. The fourth-order valence-electron chi connectivity index (χ4n) is 1.33. The van der Waals surface area contributed by atoms with Crippen molar-refractivity contribution in [2.75, 3.05) is 6.61 Å². The molecule has 0 fully saturated rings. The van der Waals surface area contributed by atoms with E-state index in [9.17, 15) is 13.2 Å². The Kier molecular flexibility index (Phi) is 4.43. The zero-order valence-corrected chi connectivity index (χ0v) is 11.3. The van der Waals surface area contributed by atoms with E-state index in [4.69, 9.17) is 4.74 Å². The van der Waals surface area contributed by atoms with Gasteiger partial charge in [-0.3, -0.25) is 0 Å². The van der Waals surface area contributed by atoms with Crippen molar-refractivity contribution in [3.05, 3.63) is 24.0 Å². The van der Waals surface area contributed by atoms with Gasteiger partial charge in [-0.05, 0) is 18.2 Å². The number of alkyl halides is 3. The van der Waals surface area contributed by atoms with Crippen LogP contribution in [0.5, 0.6) is 0 Å². The molecule has 0 spiro atoms. The number of nitrogens with zero attached hydrogens (tertiary/aromatic N) is 1. The van der Waals surface area contributed by atoms with Crippen molar-refractivity contribution in [1.82, 2.24) is 4.57 Å². The minimum absolute atomic E-state index is 0.0354. The van der Waals surface area contributed by atoms with E-state index in [1.54, 1.807) is 0 Å². The van der Waals surface area contributed by atoms with Gasteiger partial charge in [-0.2, -0.15) is 13.2 Å². The van der Waals surface area contributed by atoms with Crippen LogP contribution < -0.4 is 0 Å². The summed E-state index contributed by atoms with van der Waals surface area (Å²) < 4.78 is 43.9. The Morgan fingerprint density at radius 3 is 2.47 bits per heavy atom. The average Bonchev–Trinajstić information content (AvgIpc) is 2.58. The van der Waals surface area contributed by atoms with E-state index in [1.807, 2.05) is 0 Å². The van der Waals surface area contributed by atoms with Crippen LogP contribution in [0.15, 0.2) is 18.3 Å². The molecule has 0 aliphatic carbocycles. The molecule has 6 heteroatoms. The van der Waals surface area contributed by atoms with Crippen LogP contribution in [0.2, 0.25) is 25.7 Å². The minimum atomic E-state index is -4.31. The van der Waals surface area contributed by atoms with Gasteiger partial charge in [-0.1, -0.05) is 19.6 Å². The summed E-state index contributed by atoms with van der Waals surface area (Å²) in [5, 5.41) is 0. The minimum Gasteiger partial charge on any atom is -0.361 e. The summed E-state index contributed by atoms with van der Waals surface area (Å²) in [6.45, 7) is 7.09. The molecule has 0 aliphatic rings. The quantitative estimate of drug-likeness (QED) is 0.583. The van der Waals surface area contributed by atoms with Crippen LogP contribution in [-0.4, -0.2) is 19.2 Å². The molecule has 0 N–H and O–H groups in total. The summed E-state index contributed by atoms with van der Waals surface area (Å²) in [5.74, 6) is 0. The van der Waals surface area contributed by atoms with E-state index in [-0.39, 0.29) is 6.73 Å². The maximum atomic E-state index is 12.5. The van der Waals surface area contributed by atoms with Crippen molar-refractivity contribution in [2.45, 2.75) is 38.6 Å². The Bertz CT molecular complexity index is 354. The zero-order valence-electron chi connectivity index (χ0n) is 10.3. The van der Waals surface area contributed by atoms with Gasteiger partial charge < -0.3 is 9.30 Å². The van der Waals surface area contributed by atoms with E-state index < -0.39 is 19.9 Å². The molecule has 17 heavy (non-hydrogen) atoms. The summed E-state index contributed by atoms with van der Waals surface area (Å²) in [5.41, 5.74) is -0.662. The third kappa shape index (κ3) is 4.95. The van der Waals surface area contributed by atoms with Gasteiger partial charge in [0.15, 0.2) is 0 Å². The second-order valence-corrected chi connectivity index (χ2v) is 10.8. The first-order valence-electron chi connectivity index (χ1n) is 5.50. The molecule has 0 saturated heterocycles. The predicted molar refractivity (Wildman–Crippen MR) is 63.5 cm³/mol. The smallest absolute Gasteiger partial charge is 0.361 e. The van der Waals surface area contributed by atoms with E-state index in [0.29, 0.717) is 6.61 Å². The molecule has 2 nitrogen and oxygen atoms in total. The molecule has 1 aromatic heterocycles. The number of aromatic nitrogens is 1. The number of hydrogen-bond acceptors (Lipinski definition) is 1. The van der Waals surface area contributed by atoms with Gasteiger partial charge in [0.2, 0.25) is 0 Å². The van der Waals surface area contributed by atoms with Gasteiger partial charge in [0.05, 0.1) is 0 Å². The first-order valence-corrected chi connectivity index (χ1v) is 9.21. The standard InChI is InChI=1S/C11H18F3NOSi/c1-17(2,3)8-7-16-9-15-6-4-5-10(15)11(12,13)14/h4-6H,7-9H2,1-3H3. The fraction of sp³-hybridized carbons (Fsp3) is 0.636. The van der Waals surface area contributed by atoms with Gasteiger partial charge >= 0.3 is 6.18 Å². The third-order valence-electron chi connectivity index (χ3n) is 2.35. The van der Waals surface area contributed by atoms with Crippen LogP contribution in [0.4, 0.5) is 13.2 Å². The Labute approximate surface area is 100 Å². The summed E-state index contributed by atoms with van der Waals surface area (Å²) in [6, 6.07) is 3.39. The van der Waals surface area contributed by atoms with Crippen molar-refractivity contribution >= 4 is 8.07 Å². The Hall–Kier alpha value is -0.753. The van der Waals surface area contributed by atoms with Gasteiger partial charge in [0.1, 0.15) is 12.4 Å². The molecule has 0 aliphatic heterocycles. The SMILES string of the molecule is C[Si](C)(C)CCOCn1cccc1C(F)(F)F. The van der Waals surface area contributed by atoms with E-state index in [2.05, 4.69) is 19.6 Å². The Morgan fingerprint density at radius 1 is 1.29 bits per heavy atom. The lowest BCUT2D eigenvalue weighted by Crippen LogP contribution is -2.22. The molecule has 0 aromatic carbocycles. The number of hydrogen-bond donors (Lipinski definition) is 0. The summed E-state index contributed by atoms with van der Waals surface area (Å²) in [7, 11) is -1.19. The Balaban J connectivity index is 2.45. The van der Waals surface area contributed by atoms with E-state index in [0.717, 1.165) is 16.7 Å². The molecular weight excluding hydrogens is 247 g/mol. The summed E-state index contributed by atoms with van der Waals surface area (Å²) in [4.78, 5) is 0. The maximum absolute atomic E-state index is 12.5. The highest BCUT2D eigenvalue weighted by atomic mass is 28.3. The van der Waals surface area contributed by atoms with Crippen molar-refractivity contribution < 1.29 is 17.9 Å². The lowest BCUT2D eigenvalue weighted by atomic mass is 10.4. The van der Waals surface area contributed by atoms with Crippen LogP contribution in [0.3, 0.4) is 0 Å². The molecule has 1 rings (SSSR count). The van der Waals surface area contributed by atoms with Crippen molar-refractivity contribution in [1.29, 1.82) is 0 Å². The summed E-state index contributed by atoms with van der Waals surface area (Å²) >= 11 is 0. The van der Waals surface area contributed by atoms with Gasteiger partial charge in [0.25, 0.3) is 0 Å². The molecule has 1 heterocycles. The monoisotopic (exact) mass is 265 g/mol. The molecule has 0 bridgehead atoms. The lowest BCUT2D eigenvalue weighted by Gasteiger charge is -2.16. The van der Waals surface area contributed by atoms with Gasteiger partial charge in [-0.25, -0.2) is 0 Å². The molecule has 98 valence electrons. The first kappa shape index (κ1) is 14.3. The fourth-order valence-corrected chi connectivity index (χ4v) is 2.08. The maximum Gasteiger partial charge on any atom is 0.431 e. The van der Waals surface area contributed by atoms with Crippen molar-refractivity contribution in [2.24, 2.45) is 0 Å². The molecule has 0 radical (unpaired) electrons. The van der Waals surface area contributed by atoms with Crippen molar-refractivity contribution in [3.63, 3.8) is 0 Å². The highest BCUT2D eigenvalue weighted by Gasteiger charge is 2.33. The first-order chi connectivity index (χ1) is 7.70. The molecule has 0 amide bonds. The van der Waals surface area contributed by atoms with Gasteiger partial charge in [-0.15, -0.1) is 0 Å². The van der Waals surface area contributed by atoms with Crippen LogP contribution >= 0.6 is 0 Å². The molecule has 0 unspecified atom stereocenters. The molecule has 0 saturated carbocycles. The molecule has 0 atom stereocenters. The second-order valence-electron chi connectivity index (χ2n) is 5.21. The average molecular weight is 265 g/mol. The van der Waals surface area contributed by atoms with Crippen LogP contribution in [0.25, 0.3) is 0 Å². The molecular formula is C11H18F3NOSi. The predicted octanol–water partition coefficient (Wildman–Crippen LogP) is 3.82. The summed E-state index contributed by atoms with van der Waals surface area (Å²) in [6.07, 6.45) is -2.93. The highest BCUT2D eigenvalue weighted by molar-refractivity contribution is 6.76. The molecule has 1 aromatic rings. The number of ether oxygens (including phenoxy) is 1. The van der Waals surface area contributed by atoms with Crippen LogP contribution in [0.1, 0.15) is 5.69 Å². The number of rotatable bonds is 5. The third-order valence-corrected chi connectivity index (χ3v) is 4.05. The van der Waals surface area contributed by atoms with E-state index in [1.165, 1.54) is 12.3 Å².